The molecule has 3 amide bonds. The van der Waals surface area contributed by atoms with E-state index in [1.165, 1.54) is 13.2 Å². The molecule has 2 aromatic rings. The Morgan fingerprint density at radius 3 is 2.71 bits per heavy atom. The van der Waals surface area contributed by atoms with Crippen LogP contribution in [0.4, 0.5) is 10.5 Å². The number of likely N-dealkylation sites (tertiary alicyclic amines) is 1. The number of urea groups is 1. The van der Waals surface area contributed by atoms with Crippen molar-refractivity contribution in [3.05, 3.63) is 59.7 Å². The molecule has 1 saturated heterocycles. The number of amides is 3. The summed E-state index contributed by atoms with van der Waals surface area (Å²) in [5, 5.41) is 2.82. The first-order valence-electron chi connectivity index (χ1n) is 9.26. The van der Waals surface area contributed by atoms with Gasteiger partial charge in [-0.25, -0.2) is 4.79 Å². The maximum atomic E-state index is 12.6. The van der Waals surface area contributed by atoms with Crippen molar-refractivity contribution in [1.29, 1.82) is 0 Å². The average molecular weight is 383 g/mol. The van der Waals surface area contributed by atoms with E-state index in [2.05, 4.69) is 5.32 Å². The summed E-state index contributed by atoms with van der Waals surface area (Å²) in [6.07, 6.45) is 1.80. The molecular formula is C21H25N3O4. The third kappa shape index (κ3) is 5.01. The number of hydrogen-bond acceptors (Lipinski definition) is 4. The molecular weight excluding hydrogens is 358 g/mol. The molecule has 1 aliphatic heterocycles. The summed E-state index contributed by atoms with van der Waals surface area (Å²) in [7, 11) is 1.46. The fourth-order valence-corrected chi connectivity index (χ4v) is 3.23. The van der Waals surface area contributed by atoms with Crippen LogP contribution >= 0.6 is 0 Å². The second kappa shape index (κ2) is 9.23. The molecule has 0 radical (unpaired) electrons. The number of benzene rings is 2. The number of nitrogens with zero attached hydrogens (tertiary/aromatic N) is 1. The Balaban J connectivity index is 1.58. The fraction of sp³-hybridized carbons (Fsp3) is 0.333. The first kappa shape index (κ1) is 19.7. The Morgan fingerprint density at radius 1 is 1.21 bits per heavy atom. The molecule has 0 aliphatic carbocycles. The highest BCUT2D eigenvalue weighted by atomic mass is 16.5. The largest absolute Gasteiger partial charge is 0.496 e. The molecule has 7 heteroatoms. The normalized spacial score (nSPS) is 16.5. The topological polar surface area (TPSA) is 93.9 Å². The lowest BCUT2D eigenvalue weighted by molar-refractivity contribution is 0.00102. The number of piperidine rings is 1. The smallest absolute Gasteiger partial charge is 0.321 e. The maximum Gasteiger partial charge on any atom is 0.321 e. The zero-order chi connectivity index (χ0) is 19.9. The number of ether oxygens (including phenoxy) is 2. The predicted molar refractivity (Wildman–Crippen MR) is 106 cm³/mol. The summed E-state index contributed by atoms with van der Waals surface area (Å²) in [6, 6.07) is 14.6. The van der Waals surface area contributed by atoms with Gasteiger partial charge in [0.1, 0.15) is 5.75 Å². The molecule has 3 rings (SSSR count). The SMILES string of the molecule is COc1ccc(NC(=O)N2CCC[C@@H](OCc3ccccc3)C2)cc1C(N)=O. The number of carbonyl (C=O) groups is 2. The molecule has 0 bridgehead atoms. The number of carbonyl (C=O) groups excluding carboxylic acids is 2. The van der Waals surface area contributed by atoms with Crippen molar-refractivity contribution in [2.45, 2.75) is 25.6 Å². The van der Waals surface area contributed by atoms with Gasteiger partial charge in [0.25, 0.3) is 5.91 Å². The summed E-state index contributed by atoms with van der Waals surface area (Å²) in [4.78, 5) is 25.9. The lowest BCUT2D eigenvalue weighted by atomic mass is 10.1. The summed E-state index contributed by atoms with van der Waals surface area (Å²) in [6.45, 7) is 1.72. The van der Waals surface area contributed by atoms with E-state index < -0.39 is 5.91 Å². The Bertz CT molecular complexity index is 826. The summed E-state index contributed by atoms with van der Waals surface area (Å²) in [5.74, 6) is -0.238. The number of methoxy groups -OCH3 is 1. The Hall–Kier alpha value is -3.06. The Labute approximate surface area is 164 Å². The van der Waals surface area contributed by atoms with Crippen LogP contribution in [0.25, 0.3) is 0 Å². The monoisotopic (exact) mass is 383 g/mol. The number of nitrogens with one attached hydrogen (secondary N) is 1. The number of hydrogen-bond donors (Lipinski definition) is 2. The van der Waals surface area contributed by atoms with Crippen molar-refractivity contribution in [2.24, 2.45) is 5.73 Å². The molecule has 1 fully saturated rings. The fourth-order valence-electron chi connectivity index (χ4n) is 3.23. The molecule has 2 aromatic carbocycles. The highest BCUT2D eigenvalue weighted by Crippen LogP contribution is 2.23. The number of nitrogens with two attached hydrogens (primary N) is 1. The van der Waals surface area contributed by atoms with Gasteiger partial charge in [-0.05, 0) is 36.6 Å². The van der Waals surface area contributed by atoms with Gasteiger partial charge in [0.05, 0.1) is 25.4 Å². The van der Waals surface area contributed by atoms with E-state index in [0.717, 1.165) is 18.4 Å². The first-order valence-corrected chi connectivity index (χ1v) is 9.26. The van der Waals surface area contributed by atoms with Crippen LogP contribution in [0.3, 0.4) is 0 Å². The molecule has 0 spiro atoms. The molecule has 1 heterocycles. The molecule has 0 aromatic heterocycles. The van der Waals surface area contributed by atoms with Crippen molar-refractivity contribution in [3.8, 4) is 5.75 Å². The van der Waals surface area contributed by atoms with Crippen LogP contribution in [-0.2, 0) is 11.3 Å². The summed E-state index contributed by atoms with van der Waals surface area (Å²) >= 11 is 0. The van der Waals surface area contributed by atoms with E-state index in [0.29, 0.717) is 31.1 Å². The van der Waals surface area contributed by atoms with Gasteiger partial charge in [-0.3, -0.25) is 4.79 Å². The minimum absolute atomic E-state index is 0.00301. The van der Waals surface area contributed by atoms with Gasteiger partial charge in [-0.1, -0.05) is 30.3 Å². The Morgan fingerprint density at radius 2 is 2.00 bits per heavy atom. The van der Waals surface area contributed by atoms with E-state index in [9.17, 15) is 9.59 Å². The van der Waals surface area contributed by atoms with Crippen molar-refractivity contribution in [3.63, 3.8) is 0 Å². The van der Waals surface area contributed by atoms with Crippen LogP contribution in [0.15, 0.2) is 48.5 Å². The lowest BCUT2D eigenvalue weighted by Gasteiger charge is -2.32. The quantitative estimate of drug-likeness (QED) is 0.802. The lowest BCUT2D eigenvalue weighted by Crippen LogP contribution is -2.45. The van der Waals surface area contributed by atoms with E-state index in [1.807, 2.05) is 30.3 Å². The van der Waals surface area contributed by atoms with Crippen molar-refractivity contribution in [1.82, 2.24) is 4.90 Å². The van der Waals surface area contributed by atoms with E-state index >= 15 is 0 Å². The zero-order valence-electron chi connectivity index (χ0n) is 15.9. The second-order valence-electron chi connectivity index (χ2n) is 6.72. The van der Waals surface area contributed by atoms with Gasteiger partial charge in [0.15, 0.2) is 0 Å². The summed E-state index contributed by atoms with van der Waals surface area (Å²) in [5.41, 5.74) is 7.20. The molecule has 1 atom stereocenters. The third-order valence-electron chi connectivity index (χ3n) is 4.71. The van der Waals surface area contributed by atoms with Crippen LogP contribution in [0.2, 0.25) is 0 Å². The molecule has 28 heavy (non-hydrogen) atoms. The molecule has 7 nitrogen and oxygen atoms in total. The van der Waals surface area contributed by atoms with Gasteiger partial charge in [0.2, 0.25) is 0 Å². The zero-order valence-corrected chi connectivity index (χ0v) is 15.9. The molecule has 1 aliphatic rings. The van der Waals surface area contributed by atoms with Gasteiger partial charge < -0.3 is 25.4 Å². The van der Waals surface area contributed by atoms with Crippen LogP contribution in [0.1, 0.15) is 28.8 Å². The second-order valence-corrected chi connectivity index (χ2v) is 6.72. The van der Waals surface area contributed by atoms with Crippen molar-refractivity contribution < 1.29 is 19.1 Å². The number of primary amides is 1. The maximum absolute atomic E-state index is 12.6. The van der Waals surface area contributed by atoms with Gasteiger partial charge >= 0.3 is 6.03 Å². The van der Waals surface area contributed by atoms with Crippen molar-refractivity contribution in [2.75, 3.05) is 25.5 Å². The first-order chi connectivity index (χ1) is 13.6. The van der Waals surface area contributed by atoms with Crippen LogP contribution in [0, 0.1) is 0 Å². The van der Waals surface area contributed by atoms with Gasteiger partial charge in [-0.15, -0.1) is 0 Å². The van der Waals surface area contributed by atoms with Gasteiger partial charge in [0, 0.05) is 18.8 Å². The van der Waals surface area contributed by atoms with Crippen molar-refractivity contribution >= 4 is 17.6 Å². The summed E-state index contributed by atoms with van der Waals surface area (Å²) < 4.78 is 11.1. The number of anilines is 1. The Kier molecular flexibility index (Phi) is 6.49. The molecule has 0 unspecified atom stereocenters. The number of rotatable bonds is 6. The van der Waals surface area contributed by atoms with Crippen LogP contribution < -0.4 is 15.8 Å². The van der Waals surface area contributed by atoms with E-state index in [4.69, 9.17) is 15.2 Å². The van der Waals surface area contributed by atoms with E-state index in [1.54, 1.807) is 17.0 Å². The average Bonchev–Trinajstić information content (AvgIpc) is 2.73. The molecule has 0 saturated carbocycles. The predicted octanol–water partition coefficient (Wildman–Crippen LogP) is 3.01. The van der Waals surface area contributed by atoms with Crippen LogP contribution in [0.5, 0.6) is 5.75 Å². The van der Waals surface area contributed by atoms with Crippen LogP contribution in [-0.4, -0.2) is 43.1 Å². The molecule has 3 N–H and O–H groups in total. The van der Waals surface area contributed by atoms with E-state index in [-0.39, 0.29) is 17.7 Å². The standard InChI is InChI=1S/C21H25N3O4/c1-27-19-10-9-16(12-18(19)20(22)25)23-21(26)24-11-5-8-17(13-24)28-14-15-6-3-2-4-7-15/h2-4,6-7,9-10,12,17H,5,8,11,13-14H2,1H3,(H2,22,25)(H,23,26)/t17-/m1/s1. The van der Waals surface area contributed by atoms with Gasteiger partial charge in [-0.2, -0.15) is 0 Å². The third-order valence-corrected chi connectivity index (χ3v) is 4.71. The highest BCUT2D eigenvalue weighted by molar-refractivity contribution is 5.98. The highest BCUT2D eigenvalue weighted by Gasteiger charge is 2.24. The molecule has 148 valence electrons. The minimum Gasteiger partial charge on any atom is -0.496 e. The minimum atomic E-state index is -0.611.